The average Bonchev–Trinajstić information content (AvgIpc) is 3.01. The predicted molar refractivity (Wildman–Crippen MR) is 108 cm³/mol. The van der Waals surface area contributed by atoms with Gasteiger partial charge in [-0.1, -0.05) is 20.8 Å². The van der Waals surface area contributed by atoms with Crippen LogP contribution in [0, 0.1) is 46.3 Å². The summed E-state index contributed by atoms with van der Waals surface area (Å²) in [5.41, 5.74) is -0.477. The molecule has 0 aromatic carbocycles. The van der Waals surface area contributed by atoms with Gasteiger partial charge in [-0.3, -0.25) is 14.4 Å². The number of aliphatic hydroxyl groups excluding tert-OH is 1. The van der Waals surface area contributed by atoms with Gasteiger partial charge in [0.25, 0.3) is 0 Å². The zero-order chi connectivity index (χ0) is 21.1. The van der Waals surface area contributed by atoms with Gasteiger partial charge < -0.3 is 10.2 Å². The van der Waals surface area contributed by atoms with E-state index in [4.69, 9.17) is 5.11 Å². The number of hydrogen-bond donors (Lipinski definition) is 2. The molecule has 0 saturated heterocycles. The van der Waals surface area contributed by atoms with Crippen LogP contribution in [0.1, 0.15) is 78.6 Å². The Balaban J connectivity index is 1.62. The van der Waals surface area contributed by atoms with Gasteiger partial charge in [-0.05, 0) is 73.0 Å². The van der Waals surface area contributed by atoms with Crippen molar-refractivity contribution in [2.24, 2.45) is 46.3 Å². The normalized spacial score (nSPS) is 47.9. The van der Waals surface area contributed by atoms with Crippen molar-refractivity contribution >= 4 is 17.5 Å². The molecule has 5 nitrogen and oxygen atoms in total. The quantitative estimate of drug-likeness (QED) is 0.742. The maximum Gasteiger partial charge on any atom is 0.303 e. The number of ketones is 2. The van der Waals surface area contributed by atoms with E-state index in [1.807, 2.05) is 0 Å². The minimum atomic E-state index is -0.778. The zero-order valence-corrected chi connectivity index (χ0v) is 18.0. The van der Waals surface area contributed by atoms with E-state index in [0.29, 0.717) is 43.7 Å². The molecule has 29 heavy (non-hydrogen) atoms. The molecule has 0 amide bonds. The number of fused-ring (bicyclic) bond motifs is 5. The SMILES string of the molecule is C[C@H](CCC(=O)O)[C@H]1CC[C@H]2[C@@H]3[C@H](O)CC4CC(=O)CC[C@]4(C)[C@H]3CC(=O)[C@]12C. The minimum Gasteiger partial charge on any atom is -0.481 e. The standard InChI is InChI=1S/C24H36O5/c1-13(4-7-21(28)29)16-5-6-17-22-18(12-20(27)24(16,17)3)23(2)9-8-15(25)10-14(23)11-19(22)26/h13-14,16-19,22,26H,4-12H2,1-3H3,(H,28,29)/t13-,14?,16-,17+,18+,19-,22+,23+,24-/m1/s1. The third-order valence-electron chi connectivity index (χ3n) is 9.93. The second kappa shape index (κ2) is 7.18. The molecule has 5 heteroatoms. The fourth-order valence-corrected chi connectivity index (χ4v) is 8.22. The molecule has 4 rings (SSSR count). The van der Waals surface area contributed by atoms with Crippen LogP contribution in [0.2, 0.25) is 0 Å². The highest BCUT2D eigenvalue weighted by molar-refractivity contribution is 5.87. The molecule has 9 atom stereocenters. The molecular formula is C24H36O5. The fraction of sp³-hybridized carbons (Fsp3) is 0.875. The summed E-state index contributed by atoms with van der Waals surface area (Å²) in [6, 6.07) is 0. The number of carboxylic acid groups (broad SMARTS) is 1. The van der Waals surface area contributed by atoms with E-state index in [9.17, 15) is 19.5 Å². The summed E-state index contributed by atoms with van der Waals surface area (Å²) in [6.45, 7) is 6.48. The summed E-state index contributed by atoms with van der Waals surface area (Å²) in [4.78, 5) is 36.7. The maximum atomic E-state index is 13.6. The van der Waals surface area contributed by atoms with Crippen LogP contribution in [0.3, 0.4) is 0 Å². The molecule has 0 radical (unpaired) electrons. The number of aliphatic hydroxyl groups is 1. The van der Waals surface area contributed by atoms with Crippen molar-refractivity contribution in [2.75, 3.05) is 0 Å². The smallest absolute Gasteiger partial charge is 0.303 e. The maximum absolute atomic E-state index is 13.6. The van der Waals surface area contributed by atoms with Crippen molar-refractivity contribution in [1.82, 2.24) is 0 Å². The molecule has 0 aromatic heterocycles. The first kappa shape index (κ1) is 21.0. The lowest BCUT2D eigenvalue weighted by atomic mass is 9.43. The van der Waals surface area contributed by atoms with Gasteiger partial charge in [0.05, 0.1) is 6.10 Å². The molecule has 162 valence electrons. The summed E-state index contributed by atoms with van der Waals surface area (Å²) in [5.74, 6) is 0.911. The number of rotatable bonds is 4. The largest absolute Gasteiger partial charge is 0.481 e. The highest BCUT2D eigenvalue weighted by atomic mass is 16.4. The highest BCUT2D eigenvalue weighted by Gasteiger charge is 2.65. The lowest BCUT2D eigenvalue weighted by Gasteiger charge is -2.61. The van der Waals surface area contributed by atoms with E-state index in [-0.39, 0.29) is 47.3 Å². The molecule has 0 aliphatic heterocycles. The van der Waals surface area contributed by atoms with Gasteiger partial charge in [0, 0.05) is 31.1 Å². The minimum absolute atomic E-state index is 0.0260. The number of Topliss-reactive ketones (excluding diaryl/α,β-unsaturated/α-hetero) is 2. The van der Waals surface area contributed by atoms with E-state index in [2.05, 4.69) is 20.8 Å². The monoisotopic (exact) mass is 404 g/mol. The lowest BCUT2D eigenvalue weighted by molar-refractivity contribution is -0.177. The first-order valence-electron chi connectivity index (χ1n) is 11.5. The third-order valence-corrected chi connectivity index (χ3v) is 9.93. The molecule has 4 saturated carbocycles. The van der Waals surface area contributed by atoms with Crippen molar-refractivity contribution in [3.8, 4) is 0 Å². The Labute approximate surface area is 173 Å². The van der Waals surface area contributed by atoms with Crippen LogP contribution < -0.4 is 0 Å². The van der Waals surface area contributed by atoms with E-state index >= 15 is 0 Å². The van der Waals surface area contributed by atoms with E-state index in [1.54, 1.807) is 0 Å². The second-order valence-electron chi connectivity index (χ2n) is 11.0. The van der Waals surface area contributed by atoms with Gasteiger partial charge >= 0.3 is 5.97 Å². The first-order chi connectivity index (χ1) is 13.6. The third kappa shape index (κ3) is 3.10. The number of aliphatic carboxylic acids is 1. The summed E-state index contributed by atoms with van der Waals surface area (Å²) in [7, 11) is 0. The number of hydrogen-bond acceptors (Lipinski definition) is 4. The molecule has 4 aliphatic rings. The van der Waals surface area contributed by atoms with Crippen LogP contribution >= 0.6 is 0 Å². The van der Waals surface area contributed by atoms with E-state index in [0.717, 1.165) is 19.3 Å². The Morgan fingerprint density at radius 2 is 1.90 bits per heavy atom. The summed E-state index contributed by atoms with van der Waals surface area (Å²) in [6.07, 6.45) is 5.42. The van der Waals surface area contributed by atoms with Gasteiger partial charge in [-0.15, -0.1) is 0 Å². The van der Waals surface area contributed by atoms with Gasteiger partial charge in [-0.2, -0.15) is 0 Å². The van der Waals surface area contributed by atoms with Crippen molar-refractivity contribution < 1.29 is 24.6 Å². The summed E-state index contributed by atoms with van der Waals surface area (Å²) < 4.78 is 0. The Kier molecular flexibility index (Phi) is 5.20. The van der Waals surface area contributed by atoms with Gasteiger partial charge in [-0.25, -0.2) is 0 Å². The van der Waals surface area contributed by atoms with Crippen LogP contribution in [0.5, 0.6) is 0 Å². The molecule has 0 bridgehead atoms. The van der Waals surface area contributed by atoms with Crippen molar-refractivity contribution in [3.05, 3.63) is 0 Å². The fourth-order valence-electron chi connectivity index (χ4n) is 8.22. The molecule has 0 aromatic rings. The molecule has 4 aliphatic carbocycles. The van der Waals surface area contributed by atoms with E-state index < -0.39 is 17.5 Å². The van der Waals surface area contributed by atoms with Crippen molar-refractivity contribution in [3.63, 3.8) is 0 Å². The molecule has 0 heterocycles. The van der Waals surface area contributed by atoms with Gasteiger partial charge in [0.1, 0.15) is 11.6 Å². The van der Waals surface area contributed by atoms with Crippen molar-refractivity contribution in [2.45, 2.75) is 84.7 Å². The predicted octanol–water partition coefficient (Wildman–Crippen LogP) is 3.87. The van der Waals surface area contributed by atoms with Gasteiger partial charge in [0.2, 0.25) is 0 Å². The molecular weight excluding hydrogens is 368 g/mol. The van der Waals surface area contributed by atoms with Crippen LogP contribution in [0.25, 0.3) is 0 Å². The number of carbonyl (C=O) groups is 3. The number of carbonyl (C=O) groups excluding carboxylic acids is 2. The molecule has 2 N–H and O–H groups in total. The van der Waals surface area contributed by atoms with Crippen LogP contribution in [-0.2, 0) is 14.4 Å². The van der Waals surface area contributed by atoms with Crippen LogP contribution in [-0.4, -0.2) is 33.9 Å². The number of carboxylic acids is 1. The van der Waals surface area contributed by atoms with Crippen LogP contribution in [0.4, 0.5) is 0 Å². The molecule has 0 spiro atoms. The topological polar surface area (TPSA) is 91.7 Å². The molecule has 4 fully saturated rings. The first-order valence-corrected chi connectivity index (χ1v) is 11.5. The molecule has 1 unspecified atom stereocenters. The lowest BCUT2D eigenvalue weighted by Crippen LogP contribution is -2.61. The Morgan fingerprint density at radius 1 is 1.17 bits per heavy atom. The summed E-state index contributed by atoms with van der Waals surface area (Å²) in [5, 5.41) is 20.3. The Bertz CT molecular complexity index is 716. The highest BCUT2D eigenvalue weighted by Crippen LogP contribution is 2.67. The Morgan fingerprint density at radius 3 is 2.59 bits per heavy atom. The summed E-state index contributed by atoms with van der Waals surface area (Å²) >= 11 is 0. The van der Waals surface area contributed by atoms with Crippen LogP contribution in [0.15, 0.2) is 0 Å². The zero-order valence-electron chi connectivity index (χ0n) is 18.0. The van der Waals surface area contributed by atoms with Gasteiger partial charge in [0.15, 0.2) is 0 Å². The second-order valence-corrected chi connectivity index (χ2v) is 11.0. The van der Waals surface area contributed by atoms with Crippen molar-refractivity contribution in [1.29, 1.82) is 0 Å². The average molecular weight is 405 g/mol. The van der Waals surface area contributed by atoms with E-state index in [1.165, 1.54) is 0 Å². The Hall–Kier alpha value is -1.23.